The van der Waals surface area contributed by atoms with Crippen LogP contribution in [-0.2, 0) is 4.79 Å². The number of amides is 2. The van der Waals surface area contributed by atoms with Gasteiger partial charge in [0.2, 0.25) is 5.91 Å². The Hall–Kier alpha value is -3.95. The number of nitrogens with zero attached hydrogens (tertiary/aromatic N) is 5. The van der Waals surface area contributed by atoms with E-state index < -0.39 is 0 Å². The molecule has 2 aliphatic rings. The van der Waals surface area contributed by atoms with Crippen molar-refractivity contribution >= 4 is 34.2 Å². The van der Waals surface area contributed by atoms with Gasteiger partial charge in [0, 0.05) is 39.1 Å². The summed E-state index contributed by atoms with van der Waals surface area (Å²) in [5.41, 5.74) is 2.23. The Bertz CT molecular complexity index is 1420. The molecule has 6 rings (SSSR count). The fourth-order valence-corrected chi connectivity index (χ4v) is 5.59. The number of carbonyl (C=O) groups excluding carboxylic acids is 2. The van der Waals surface area contributed by atoms with E-state index in [0.29, 0.717) is 34.1 Å². The first-order valence-electron chi connectivity index (χ1n) is 12.2. The van der Waals surface area contributed by atoms with Gasteiger partial charge in [0.05, 0.1) is 30.6 Å². The Morgan fingerprint density at radius 3 is 2.94 bits per heavy atom. The minimum Gasteiger partial charge on any atom is -0.496 e. The SMILES string of the molecule is COc1cc2[nH]ncc2cc1C(=O)Nc1cnc2cccnn12.C[C@@H]1CCC[C@]2(CC(=O)N(C)C2)C1.[HH]. The second-order valence-electron chi connectivity index (χ2n) is 10.0. The summed E-state index contributed by atoms with van der Waals surface area (Å²) in [5.74, 6) is 1.82. The summed E-state index contributed by atoms with van der Waals surface area (Å²) < 4.78 is 6.86. The van der Waals surface area contributed by atoms with Crippen LogP contribution in [0.25, 0.3) is 16.6 Å². The van der Waals surface area contributed by atoms with Gasteiger partial charge in [0.15, 0.2) is 11.5 Å². The minimum absolute atomic E-state index is 0. The Kier molecular flexibility index (Phi) is 6.34. The fourth-order valence-electron chi connectivity index (χ4n) is 5.59. The van der Waals surface area contributed by atoms with E-state index in [1.165, 1.54) is 32.8 Å². The Morgan fingerprint density at radius 2 is 2.19 bits per heavy atom. The second kappa shape index (κ2) is 9.60. The van der Waals surface area contributed by atoms with Gasteiger partial charge in [-0.2, -0.15) is 14.7 Å². The van der Waals surface area contributed by atoms with E-state index in [1.54, 1.807) is 47.4 Å². The summed E-state index contributed by atoms with van der Waals surface area (Å²) in [6, 6.07) is 7.05. The van der Waals surface area contributed by atoms with Crippen molar-refractivity contribution in [3.63, 3.8) is 0 Å². The molecule has 0 radical (unpaired) electrons. The lowest BCUT2D eigenvalue weighted by molar-refractivity contribution is -0.126. The molecule has 0 unspecified atom stereocenters. The summed E-state index contributed by atoms with van der Waals surface area (Å²) in [4.78, 5) is 30.2. The normalized spacial score (nSPS) is 21.6. The Morgan fingerprint density at radius 1 is 1.33 bits per heavy atom. The first kappa shape index (κ1) is 23.8. The molecule has 0 bridgehead atoms. The van der Waals surface area contributed by atoms with E-state index in [2.05, 4.69) is 32.5 Å². The zero-order valence-electron chi connectivity index (χ0n) is 20.8. The van der Waals surface area contributed by atoms with Gasteiger partial charge in [-0.1, -0.05) is 19.8 Å². The topological polar surface area (TPSA) is 118 Å². The van der Waals surface area contributed by atoms with Crippen LogP contribution in [0.1, 0.15) is 50.8 Å². The molecule has 10 heteroatoms. The third kappa shape index (κ3) is 4.62. The zero-order valence-corrected chi connectivity index (χ0v) is 20.8. The molecule has 2 atom stereocenters. The van der Waals surface area contributed by atoms with Crippen molar-refractivity contribution in [2.24, 2.45) is 11.3 Å². The van der Waals surface area contributed by atoms with Crippen LogP contribution in [0.2, 0.25) is 0 Å². The number of benzene rings is 1. The van der Waals surface area contributed by atoms with Gasteiger partial charge < -0.3 is 15.0 Å². The minimum atomic E-state index is -0.308. The molecule has 2 fully saturated rings. The first-order valence-corrected chi connectivity index (χ1v) is 12.2. The first-order chi connectivity index (χ1) is 17.4. The van der Waals surface area contributed by atoms with Crippen LogP contribution >= 0.6 is 0 Å². The summed E-state index contributed by atoms with van der Waals surface area (Å²) in [5, 5.41) is 14.6. The number of anilines is 1. The molecule has 4 heterocycles. The van der Waals surface area contributed by atoms with Crippen molar-refractivity contribution in [3.8, 4) is 5.75 Å². The molecular weight excluding hydrogens is 458 g/mol. The molecule has 1 aliphatic heterocycles. The van der Waals surface area contributed by atoms with Crippen LogP contribution in [0.3, 0.4) is 0 Å². The van der Waals surface area contributed by atoms with Crippen molar-refractivity contribution < 1.29 is 15.8 Å². The van der Waals surface area contributed by atoms with E-state index in [4.69, 9.17) is 4.74 Å². The van der Waals surface area contributed by atoms with Gasteiger partial charge in [0.25, 0.3) is 5.91 Å². The maximum atomic E-state index is 12.6. The number of aromatic amines is 1. The lowest BCUT2D eigenvalue weighted by Crippen LogP contribution is -2.30. The van der Waals surface area contributed by atoms with Crippen molar-refractivity contribution in [1.29, 1.82) is 0 Å². The van der Waals surface area contributed by atoms with Crippen LogP contribution in [0, 0.1) is 11.3 Å². The van der Waals surface area contributed by atoms with E-state index in [0.717, 1.165) is 29.8 Å². The zero-order chi connectivity index (χ0) is 25.3. The maximum absolute atomic E-state index is 12.6. The molecule has 190 valence electrons. The number of fused-ring (bicyclic) bond motifs is 2. The van der Waals surface area contributed by atoms with E-state index in [1.807, 2.05) is 11.9 Å². The third-order valence-corrected chi connectivity index (χ3v) is 7.23. The number of hydrogen-bond acceptors (Lipinski definition) is 6. The van der Waals surface area contributed by atoms with Gasteiger partial charge >= 0.3 is 0 Å². The molecule has 1 aromatic carbocycles. The van der Waals surface area contributed by atoms with Gasteiger partial charge in [0.1, 0.15) is 5.75 Å². The summed E-state index contributed by atoms with van der Waals surface area (Å²) in [6.45, 7) is 3.33. The molecular formula is C26H33N7O3. The van der Waals surface area contributed by atoms with Crippen molar-refractivity contribution in [1.82, 2.24) is 29.7 Å². The van der Waals surface area contributed by atoms with Crippen molar-refractivity contribution in [2.45, 2.75) is 39.0 Å². The summed E-state index contributed by atoms with van der Waals surface area (Å²) in [6.07, 6.45) is 10.9. The molecule has 3 aromatic heterocycles. The summed E-state index contributed by atoms with van der Waals surface area (Å²) >= 11 is 0. The number of hydrogen-bond donors (Lipinski definition) is 2. The quantitative estimate of drug-likeness (QED) is 0.444. The smallest absolute Gasteiger partial charge is 0.260 e. The summed E-state index contributed by atoms with van der Waals surface area (Å²) in [7, 11) is 3.46. The number of likely N-dealkylation sites (tertiary alicyclic amines) is 1. The van der Waals surface area contributed by atoms with Crippen LogP contribution in [0.15, 0.2) is 42.9 Å². The highest BCUT2D eigenvalue weighted by atomic mass is 16.5. The average Bonchev–Trinajstić information content (AvgIpc) is 3.56. The van der Waals surface area contributed by atoms with Gasteiger partial charge in [-0.3, -0.25) is 14.7 Å². The highest BCUT2D eigenvalue weighted by molar-refractivity contribution is 6.08. The predicted octanol–water partition coefficient (Wildman–Crippen LogP) is 4.16. The molecule has 1 saturated heterocycles. The van der Waals surface area contributed by atoms with E-state index >= 15 is 0 Å². The second-order valence-corrected chi connectivity index (χ2v) is 10.0. The van der Waals surface area contributed by atoms with Crippen LogP contribution in [-0.4, -0.2) is 62.2 Å². The molecule has 2 N–H and O–H groups in total. The maximum Gasteiger partial charge on any atom is 0.260 e. The highest BCUT2D eigenvalue weighted by Crippen LogP contribution is 2.45. The Labute approximate surface area is 210 Å². The monoisotopic (exact) mass is 491 g/mol. The van der Waals surface area contributed by atoms with Gasteiger partial charge in [-0.05, 0) is 42.4 Å². The number of H-pyrrole nitrogens is 1. The molecule has 1 spiro atoms. The number of carbonyl (C=O) groups is 2. The highest BCUT2D eigenvalue weighted by Gasteiger charge is 2.43. The van der Waals surface area contributed by atoms with E-state index in [9.17, 15) is 9.59 Å². The largest absolute Gasteiger partial charge is 0.496 e. The Balaban J connectivity index is 0.000000195. The molecule has 4 aromatic rings. The molecule has 1 aliphatic carbocycles. The van der Waals surface area contributed by atoms with Crippen molar-refractivity contribution in [3.05, 3.63) is 48.4 Å². The number of imidazole rings is 1. The van der Waals surface area contributed by atoms with Gasteiger partial charge in [-0.15, -0.1) is 0 Å². The number of ether oxygens (including phenoxy) is 1. The number of rotatable bonds is 3. The van der Waals surface area contributed by atoms with Crippen molar-refractivity contribution in [2.75, 3.05) is 26.0 Å². The van der Waals surface area contributed by atoms with E-state index in [-0.39, 0.29) is 7.33 Å². The lowest BCUT2D eigenvalue weighted by Gasteiger charge is -2.35. The number of nitrogens with one attached hydrogen (secondary N) is 2. The predicted molar refractivity (Wildman–Crippen MR) is 138 cm³/mol. The van der Waals surface area contributed by atoms with Crippen LogP contribution < -0.4 is 10.1 Å². The standard InChI is InChI=1S/C15H12N6O2.C11H19NO.H2/c1-23-12-6-11-9(7-17-20-11)5-10(12)15(22)19-14-8-16-13-3-2-4-18-21(13)14;1-9-4-3-5-11(6-9)7-10(13)12(2)8-11;/h2-8H,1H3,(H,17,20)(H,19,22);9H,3-8H2,1-2H3;1H/t;9-,11-;/m.1./s1. The lowest BCUT2D eigenvalue weighted by atomic mass is 9.69. The fraction of sp³-hybridized carbons (Fsp3) is 0.423. The number of aromatic nitrogens is 5. The molecule has 2 amide bonds. The average molecular weight is 492 g/mol. The number of methoxy groups -OCH3 is 1. The third-order valence-electron chi connectivity index (χ3n) is 7.23. The molecule has 36 heavy (non-hydrogen) atoms. The molecule has 10 nitrogen and oxygen atoms in total. The van der Waals surface area contributed by atoms with Crippen LogP contribution in [0.5, 0.6) is 5.75 Å². The van der Waals surface area contributed by atoms with Gasteiger partial charge in [-0.25, -0.2) is 4.98 Å². The van der Waals surface area contributed by atoms with Crippen LogP contribution in [0.4, 0.5) is 5.82 Å². The molecule has 1 saturated carbocycles.